The Kier molecular flexibility index (Phi) is 5.52. The molecule has 0 amide bonds. The first-order valence-corrected chi connectivity index (χ1v) is 6.65. The van der Waals surface area contributed by atoms with Crippen LogP contribution in [-0.4, -0.2) is 35.2 Å². The number of rotatable bonds is 8. The summed E-state index contributed by atoms with van der Waals surface area (Å²) < 4.78 is 5.29. The third-order valence-corrected chi connectivity index (χ3v) is 2.81. The second-order valence-corrected chi connectivity index (χ2v) is 4.21. The summed E-state index contributed by atoms with van der Waals surface area (Å²) >= 11 is 0. The predicted molar refractivity (Wildman–Crippen MR) is 74.6 cm³/mol. The number of ether oxygens (including phenoxy) is 1. The minimum Gasteiger partial charge on any atom is -0.382 e. The first-order chi connectivity index (χ1) is 9.42. The van der Waals surface area contributed by atoms with Gasteiger partial charge in [-0.25, -0.2) is 0 Å². The van der Waals surface area contributed by atoms with E-state index in [0.717, 1.165) is 43.1 Å². The molecule has 2 aromatic rings. The maximum absolute atomic E-state index is 5.29. The normalized spacial score (nSPS) is 10.8. The first kappa shape index (κ1) is 13.7. The highest BCUT2D eigenvalue weighted by Gasteiger charge is 2.08. The van der Waals surface area contributed by atoms with E-state index in [1.807, 2.05) is 37.3 Å². The zero-order valence-corrected chi connectivity index (χ0v) is 11.2. The van der Waals surface area contributed by atoms with Crippen LogP contribution in [0.15, 0.2) is 30.3 Å². The average molecular weight is 260 g/mol. The van der Waals surface area contributed by atoms with Crippen LogP contribution in [0.2, 0.25) is 0 Å². The van der Waals surface area contributed by atoms with Gasteiger partial charge in [0.1, 0.15) is 11.4 Å². The number of nitrogens with one attached hydrogen (secondary N) is 2. The zero-order chi connectivity index (χ0) is 13.3. The number of benzene rings is 1. The van der Waals surface area contributed by atoms with Crippen molar-refractivity contribution in [3.63, 3.8) is 0 Å². The number of H-pyrrole nitrogens is 1. The van der Waals surface area contributed by atoms with Crippen molar-refractivity contribution in [2.45, 2.75) is 19.9 Å². The molecule has 0 radical (unpaired) electrons. The first-order valence-electron chi connectivity index (χ1n) is 6.65. The van der Waals surface area contributed by atoms with Crippen molar-refractivity contribution >= 4 is 0 Å². The van der Waals surface area contributed by atoms with Gasteiger partial charge < -0.3 is 10.1 Å². The Balaban J connectivity index is 1.83. The van der Waals surface area contributed by atoms with Crippen molar-refractivity contribution in [3.05, 3.63) is 36.0 Å². The van der Waals surface area contributed by atoms with Crippen LogP contribution in [-0.2, 0) is 11.3 Å². The predicted octanol–water partition coefficient (Wildman–Crippen LogP) is 1.99. The zero-order valence-electron chi connectivity index (χ0n) is 11.2. The van der Waals surface area contributed by atoms with Crippen LogP contribution in [0.5, 0.6) is 0 Å². The van der Waals surface area contributed by atoms with Crippen LogP contribution in [0.25, 0.3) is 11.3 Å². The van der Waals surface area contributed by atoms with Gasteiger partial charge in [-0.05, 0) is 19.9 Å². The Hall–Kier alpha value is -1.72. The summed E-state index contributed by atoms with van der Waals surface area (Å²) in [6.45, 7) is 5.22. The minimum atomic E-state index is 0.715. The molecule has 5 heteroatoms. The molecule has 1 aromatic carbocycles. The van der Waals surface area contributed by atoms with Crippen molar-refractivity contribution in [2.24, 2.45) is 0 Å². The molecule has 0 spiro atoms. The lowest BCUT2D eigenvalue weighted by Crippen LogP contribution is -2.17. The molecule has 0 aliphatic heterocycles. The highest BCUT2D eigenvalue weighted by atomic mass is 16.5. The Morgan fingerprint density at radius 3 is 2.84 bits per heavy atom. The molecular weight excluding hydrogens is 240 g/mol. The second kappa shape index (κ2) is 7.66. The largest absolute Gasteiger partial charge is 0.382 e. The van der Waals surface area contributed by atoms with Crippen LogP contribution in [0, 0.1) is 0 Å². The summed E-state index contributed by atoms with van der Waals surface area (Å²) in [5.41, 5.74) is 2.95. The van der Waals surface area contributed by atoms with Gasteiger partial charge >= 0.3 is 0 Å². The molecule has 102 valence electrons. The van der Waals surface area contributed by atoms with Crippen molar-refractivity contribution in [1.82, 2.24) is 20.7 Å². The van der Waals surface area contributed by atoms with Gasteiger partial charge in [0.05, 0.1) is 0 Å². The van der Waals surface area contributed by atoms with Gasteiger partial charge in [-0.15, -0.1) is 0 Å². The van der Waals surface area contributed by atoms with Crippen LogP contribution in [0.3, 0.4) is 0 Å². The number of aromatic amines is 1. The minimum absolute atomic E-state index is 0.715. The molecule has 0 atom stereocenters. The molecule has 0 aliphatic carbocycles. The van der Waals surface area contributed by atoms with E-state index < -0.39 is 0 Å². The summed E-state index contributed by atoms with van der Waals surface area (Å²) in [6.07, 6.45) is 1.01. The Morgan fingerprint density at radius 1 is 1.21 bits per heavy atom. The Bertz CT molecular complexity index is 469. The summed E-state index contributed by atoms with van der Waals surface area (Å²) in [5, 5.41) is 14.5. The fourth-order valence-electron chi connectivity index (χ4n) is 1.85. The van der Waals surface area contributed by atoms with Crippen LogP contribution in [0.4, 0.5) is 0 Å². The third-order valence-electron chi connectivity index (χ3n) is 2.81. The van der Waals surface area contributed by atoms with E-state index in [1.54, 1.807) is 0 Å². The highest BCUT2D eigenvalue weighted by Crippen LogP contribution is 2.18. The fourth-order valence-corrected chi connectivity index (χ4v) is 1.85. The van der Waals surface area contributed by atoms with E-state index in [-0.39, 0.29) is 0 Å². The lowest BCUT2D eigenvalue weighted by atomic mass is 10.1. The summed E-state index contributed by atoms with van der Waals surface area (Å²) in [7, 11) is 0. The monoisotopic (exact) mass is 260 g/mol. The third kappa shape index (κ3) is 4.15. The summed E-state index contributed by atoms with van der Waals surface area (Å²) in [4.78, 5) is 0. The highest BCUT2D eigenvalue weighted by molar-refractivity contribution is 5.60. The molecular formula is C14H20N4O. The quantitative estimate of drug-likeness (QED) is 0.712. The smallest absolute Gasteiger partial charge is 0.117 e. The maximum atomic E-state index is 5.29. The van der Waals surface area contributed by atoms with Crippen LogP contribution in [0.1, 0.15) is 19.0 Å². The van der Waals surface area contributed by atoms with E-state index in [1.165, 1.54) is 0 Å². The van der Waals surface area contributed by atoms with Crippen molar-refractivity contribution in [3.8, 4) is 11.3 Å². The topological polar surface area (TPSA) is 62.8 Å². The van der Waals surface area contributed by atoms with Gasteiger partial charge in [-0.1, -0.05) is 30.3 Å². The molecule has 1 heterocycles. The van der Waals surface area contributed by atoms with Gasteiger partial charge in [0.2, 0.25) is 0 Å². The molecule has 0 bridgehead atoms. The molecule has 19 heavy (non-hydrogen) atoms. The fraction of sp³-hybridized carbons (Fsp3) is 0.429. The van der Waals surface area contributed by atoms with Gasteiger partial charge in [0, 0.05) is 25.3 Å². The SMILES string of the molecule is CCOCCCNCc1n[nH]nc1-c1ccccc1. The summed E-state index contributed by atoms with van der Waals surface area (Å²) in [5.74, 6) is 0. The van der Waals surface area contributed by atoms with E-state index in [9.17, 15) is 0 Å². The van der Waals surface area contributed by atoms with Crippen LogP contribution < -0.4 is 5.32 Å². The van der Waals surface area contributed by atoms with Crippen molar-refractivity contribution < 1.29 is 4.74 Å². The van der Waals surface area contributed by atoms with Gasteiger partial charge in [0.15, 0.2) is 0 Å². The van der Waals surface area contributed by atoms with Crippen LogP contribution >= 0.6 is 0 Å². The van der Waals surface area contributed by atoms with E-state index >= 15 is 0 Å². The molecule has 2 rings (SSSR count). The molecule has 0 saturated carbocycles. The lowest BCUT2D eigenvalue weighted by molar-refractivity contribution is 0.144. The van der Waals surface area contributed by atoms with E-state index in [0.29, 0.717) is 6.54 Å². The molecule has 5 nitrogen and oxygen atoms in total. The molecule has 1 aromatic heterocycles. The molecule has 0 aliphatic rings. The van der Waals surface area contributed by atoms with E-state index in [4.69, 9.17) is 4.74 Å². The number of hydrogen-bond acceptors (Lipinski definition) is 4. The number of nitrogens with zero attached hydrogens (tertiary/aromatic N) is 2. The molecule has 0 saturated heterocycles. The number of hydrogen-bond donors (Lipinski definition) is 2. The average Bonchev–Trinajstić information content (AvgIpc) is 2.92. The van der Waals surface area contributed by atoms with E-state index in [2.05, 4.69) is 20.7 Å². The molecule has 0 unspecified atom stereocenters. The van der Waals surface area contributed by atoms with Crippen molar-refractivity contribution in [1.29, 1.82) is 0 Å². The molecule has 0 fully saturated rings. The second-order valence-electron chi connectivity index (χ2n) is 4.21. The Labute approximate surface area is 113 Å². The van der Waals surface area contributed by atoms with Gasteiger partial charge in [-0.2, -0.15) is 15.4 Å². The lowest BCUT2D eigenvalue weighted by Gasteiger charge is -2.04. The standard InChI is InChI=1S/C14H20N4O/c1-2-19-10-6-9-15-11-13-14(17-18-16-13)12-7-4-3-5-8-12/h3-5,7-8,15H,2,6,9-11H2,1H3,(H,16,17,18). The molecule has 2 N–H and O–H groups in total. The maximum Gasteiger partial charge on any atom is 0.117 e. The van der Waals surface area contributed by atoms with Crippen molar-refractivity contribution in [2.75, 3.05) is 19.8 Å². The summed E-state index contributed by atoms with van der Waals surface area (Å²) in [6, 6.07) is 10.1. The Morgan fingerprint density at radius 2 is 2.05 bits per heavy atom. The number of aromatic nitrogens is 3. The van der Waals surface area contributed by atoms with Gasteiger partial charge in [-0.3, -0.25) is 0 Å². The van der Waals surface area contributed by atoms with Gasteiger partial charge in [0.25, 0.3) is 0 Å².